The van der Waals surface area contributed by atoms with Crippen molar-refractivity contribution in [1.82, 2.24) is 4.90 Å². The van der Waals surface area contributed by atoms with Crippen LogP contribution in [0.4, 0.5) is 5.69 Å². The van der Waals surface area contributed by atoms with Crippen LogP contribution in [0, 0.1) is 0 Å². The number of piperazine rings is 1. The van der Waals surface area contributed by atoms with E-state index < -0.39 is 0 Å². The van der Waals surface area contributed by atoms with Crippen molar-refractivity contribution in [2.24, 2.45) is 0 Å². The van der Waals surface area contributed by atoms with E-state index in [1.54, 1.807) is 7.11 Å². The number of ether oxygens (including phenoxy) is 1. The number of hydrogen-bond acceptors (Lipinski definition) is 3. The van der Waals surface area contributed by atoms with Crippen molar-refractivity contribution >= 4 is 17.3 Å². The number of nitrogens with zero attached hydrogens (tertiary/aromatic N) is 2. The van der Waals surface area contributed by atoms with E-state index in [9.17, 15) is 0 Å². The first-order valence-corrected chi connectivity index (χ1v) is 7.99. The van der Waals surface area contributed by atoms with Crippen molar-refractivity contribution in [2.45, 2.75) is 6.54 Å². The molecule has 2 aromatic rings. The van der Waals surface area contributed by atoms with E-state index >= 15 is 0 Å². The Morgan fingerprint density at radius 2 is 1.64 bits per heavy atom. The molecule has 1 aliphatic rings. The molecule has 22 heavy (non-hydrogen) atoms. The lowest BCUT2D eigenvalue weighted by Gasteiger charge is -2.36. The van der Waals surface area contributed by atoms with Gasteiger partial charge in [-0.25, -0.2) is 0 Å². The van der Waals surface area contributed by atoms with Gasteiger partial charge in [-0.15, -0.1) is 0 Å². The zero-order valence-corrected chi connectivity index (χ0v) is 13.6. The molecular formula is C18H21ClN2O. The quantitative estimate of drug-likeness (QED) is 0.856. The Kier molecular flexibility index (Phi) is 4.86. The number of para-hydroxylation sites is 2. The van der Waals surface area contributed by atoms with Gasteiger partial charge >= 0.3 is 0 Å². The van der Waals surface area contributed by atoms with E-state index in [1.165, 1.54) is 11.3 Å². The van der Waals surface area contributed by atoms with E-state index in [1.807, 2.05) is 24.3 Å². The van der Waals surface area contributed by atoms with E-state index in [0.29, 0.717) is 0 Å². The predicted octanol–water partition coefficient (Wildman–Crippen LogP) is 3.67. The summed E-state index contributed by atoms with van der Waals surface area (Å²) >= 11 is 5.94. The van der Waals surface area contributed by atoms with Crippen LogP contribution in [-0.4, -0.2) is 38.2 Å². The minimum Gasteiger partial charge on any atom is -0.495 e. The molecule has 1 aliphatic heterocycles. The second-order valence-electron chi connectivity index (χ2n) is 5.56. The van der Waals surface area contributed by atoms with Gasteiger partial charge in [-0.05, 0) is 29.8 Å². The van der Waals surface area contributed by atoms with Crippen LogP contribution in [0.5, 0.6) is 5.75 Å². The second kappa shape index (κ2) is 7.03. The Labute approximate surface area is 137 Å². The minimum absolute atomic E-state index is 0.796. The normalized spacial score (nSPS) is 15.8. The van der Waals surface area contributed by atoms with Crippen molar-refractivity contribution in [3.8, 4) is 5.75 Å². The number of hydrogen-bond donors (Lipinski definition) is 0. The molecular weight excluding hydrogens is 296 g/mol. The number of anilines is 1. The van der Waals surface area contributed by atoms with E-state index in [2.05, 4.69) is 34.1 Å². The van der Waals surface area contributed by atoms with Crippen molar-refractivity contribution < 1.29 is 4.74 Å². The predicted molar refractivity (Wildman–Crippen MR) is 91.9 cm³/mol. The van der Waals surface area contributed by atoms with Crippen LogP contribution >= 0.6 is 11.6 Å². The number of methoxy groups -OCH3 is 1. The van der Waals surface area contributed by atoms with Crippen molar-refractivity contribution in [2.75, 3.05) is 38.2 Å². The molecule has 0 bridgehead atoms. The maximum Gasteiger partial charge on any atom is 0.142 e. The average molecular weight is 317 g/mol. The molecule has 3 nitrogen and oxygen atoms in total. The van der Waals surface area contributed by atoms with Crippen LogP contribution in [-0.2, 0) is 6.54 Å². The van der Waals surface area contributed by atoms with Gasteiger partial charge in [0.15, 0.2) is 0 Å². The van der Waals surface area contributed by atoms with Crippen molar-refractivity contribution in [1.29, 1.82) is 0 Å². The van der Waals surface area contributed by atoms with Crippen molar-refractivity contribution in [3.63, 3.8) is 0 Å². The molecule has 0 aromatic heterocycles. The highest BCUT2D eigenvalue weighted by Crippen LogP contribution is 2.28. The van der Waals surface area contributed by atoms with Crippen molar-refractivity contribution in [3.05, 3.63) is 59.1 Å². The third kappa shape index (κ3) is 3.54. The molecule has 2 aromatic carbocycles. The first kappa shape index (κ1) is 15.2. The van der Waals surface area contributed by atoms with Gasteiger partial charge in [-0.1, -0.05) is 35.9 Å². The molecule has 3 rings (SSSR count). The van der Waals surface area contributed by atoms with Crippen LogP contribution < -0.4 is 9.64 Å². The third-order valence-corrected chi connectivity index (χ3v) is 4.37. The molecule has 0 amide bonds. The fraction of sp³-hybridized carbons (Fsp3) is 0.333. The fourth-order valence-electron chi connectivity index (χ4n) is 2.89. The van der Waals surface area contributed by atoms with E-state index in [4.69, 9.17) is 16.3 Å². The van der Waals surface area contributed by atoms with Crippen LogP contribution in [0.2, 0.25) is 5.02 Å². The standard InChI is InChI=1S/C18H21ClN2O/c1-22-18-5-3-2-4-17(18)21-12-10-20(11-13-21)14-15-6-8-16(19)9-7-15/h2-9H,10-14H2,1H3. The minimum atomic E-state index is 0.796. The van der Waals surface area contributed by atoms with Gasteiger partial charge in [0.25, 0.3) is 0 Å². The molecule has 0 spiro atoms. The highest BCUT2D eigenvalue weighted by atomic mass is 35.5. The SMILES string of the molecule is COc1ccccc1N1CCN(Cc2ccc(Cl)cc2)CC1. The summed E-state index contributed by atoms with van der Waals surface area (Å²) < 4.78 is 5.46. The molecule has 1 fully saturated rings. The van der Waals surface area contributed by atoms with Gasteiger partial charge in [0.2, 0.25) is 0 Å². The summed E-state index contributed by atoms with van der Waals surface area (Å²) in [7, 11) is 1.73. The van der Waals surface area contributed by atoms with Crippen LogP contribution in [0.15, 0.2) is 48.5 Å². The Hall–Kier alpha value is -1.71. The van der Waals surface area contributed by atoms with Crippen LogP contribution in [0.3, 0.4) is 0 Å². The Bertz CT molecular complexity index is 607. The number of rotatable bonds is 4. The maximum atomic E-state index is 5.94. The van der Waals surface area contributed by atoms with Crippen LogP contribution in [0.1, 0.15) is 5.56 Å². The second-order valence-corrected chi connectivity index (χ2v) is 6.00. The summed E-state index contributed by atoms with van der Waals surface area (Å²) in [6.07, 6.45) is 0. The van der Waals surface area contributed by atoms with E-state index in [-0.39, 0.29) is 0 Å². The lowest BCUT2D eigenvalue weighted by Crippen LogP contribution is -2.46. The summed E-state index contributed by atoms with van der Waals surface area (Å²) in [5.74, 6) is 0.952. The molecule has 0 aliphatic carbocycles. The van der Waals surface area contributed by atoms with Gasteiger partial charge in [-0.3, -0.25) is 4.90 Å². The van der Waals surface area contributed by atoms with Crippen LogP contribution in [0.25, 0.3) is 0 Å². The number of benzene rings is 2. The molecule has 1 heterocycles. The summed E-state index contributed by atoms with van der Waals surface area (Å²) in [6.45, 7) is 5.14. The lowest BCUT2D eigenvalue weighted by molar-refractivity contribution is 0.249. The van der Waals surface area contributed by atoms with Gasteiger partial charge < -0.3 is 9.64 Å². The summed E-state index contributed by atoms with van der Waals surface area (Å²) in [5.41, 5.74) is 2.51. The number of halogens is 1. The molecule has 0 unspecified atom stereocenters. The monoisotopic (exact) mass is 316 g/mol. The largest absolute Gasteiger partial charge is 0.495 e. The topological polar surface area (TPSA) is 15.7 Å². The first-order valence-electron chi connectivity index (χ1n) is 7.61. The highest BCUT2D eigenvalue weighted by molar-refractivity contribution is 6.30. The third-order valence-electron chi connectivity index (χ3n) is 4.12. The lowest BCUT2D eigenvalue weighted by atomic mass is 10.2. The Balaban J connectivity index is 1.59. The summed E-state index contributed by atoms with van der Waals surface area (Å²) in [4.78, 5) is 4.88. The summed E-state index contributed by atoms with van der Waals surface area (Å²) in [6, 6.07) is 16.4. The molecule has 0 atom stereocenters. The highest BCUT2D eigenvalue weighted by Gasteiger charge is 2.19. The zero-order chi connectivity index (χ0) is 15.4. The van der Waals surface area contributed by atoms with Gasteiger partial charge in [0.05, 0.1) is 12.8 Å². The smallest absolute Gasteiger partial charge is 0.142 e. The maximum absolute atomic E-state index is 5.94. The summed E-state index contributed by atoms with van der Waals surface area (Å²) in [5, 5.41) is 0.796. The fourth-order valence-corrected chi connectivity index (χ4v) is 3.01. The molecule has 0 radical (unpaired) electrons. The van der Waals surface area contributed by atoms with Gasteiger partial charge in [0.1, 0.15) is 5.75 Å². The molecule has 4 heteroatoms. The molecule has 116 valence electrons. The van der Waals surface area contributed by atoms with E-state index in [0.717, 1.165) is 43.5 Å². The first-order chi connectivity index (χ1) is 10.8. The molecule has 0 saturated carbocycles. The zero-order valence-electron chi connectivity index (χ0n) is 12.8. The Morgan fingerprint density at radius 1 is 0.955 bits per heavy atom. The Morgan fingerprint density at radius 3 is 2.32 bits per heavy atom. The van der Waals surface area contributed by atoms with Gasteiger partial charge in [-0.2, -0.15) is 0 Å². The average Bonchev–Trinajstić information content (AvgIpc) is 2.58. The van der Waals surface area contributed by atoms with Gasteiger partial charge in [0, 0.05) is 37.7 Å². The molecule has 0 N–H and O–H groups in total. The molecule has 1 saturated heterocycles.